The number of halogens is 3. The molecule has 110 valence electrons. The van der Waals surface area contributed by atoms with Crippen LogP contribution in [0.5, 0.6) is 0 Å². The van der Waals surface area contributed by atoms with Gasteiger partial charge in [-0.25, -0.2) is 0 Å². The van der Waals surface area contributed by atoms with Gasteiger partial charge in [0.05, 0.1) is 15.7 Å². The summed E-state index contributed by atoms with van der Waals surface area (Å²) in [5.41, 5.74) is 1.41. The van der Waals surface area contributed by atoms with E-state index in [9.17, 15) is 4.79 Å². The Kier molecular flexibility index (Phi) is 5.91. The average Bonchev–Trinajstić information content (AvgIpc) is 2.45. The Labute approximate surface area is 141 Å². The summed E-state index contributed by atoms with van der Waals surface area (Å²) >= 11 is 15.4. The molecule has 0 bridgehead atoms. The highest BCUT2D eigenvalue weighted by atomic mass is 79.9. The third-order valence-electron chi connectivity index (χ3n) is 2.75. The number of anilines is 2. The SMILES string of the molecule is O=C(CCNc1ccc(Br)cc1)Nc1c(Cl)cccc1Cl. The molecule has 0 fully saturated rings. The number of rotatable bonds is 5. The number of benzene rings is 2. The van der Waals surface area contributed by atoms with E-state index in [4.69, 9.17) is 23.2 Å². The van der Waals surface area contributed by atoms with E-state index in [2.05, 4.69) is 26.6 Å². The number of para-hydroxylation sites is 1. The van der Waals surface area contributed by atoms with E-state index in [1.54, 1.807) is 18.2 Å². The highest BCUT2D eigenvalue weighted by molar-refractivity contribution is 9.10. The van der Waals surface area contributed by atoms with Gasteiger partial charge >= 0.3 is 0 Å². The molecule has 2 aromatic carbocycles. The van der Waals surface area contributed by atoms with Gasteiger partial charge in [0.15, 0.2) is 0 Å². The van der Waals surface area contributed by atoms with Crippen LogP contribution in [0, 0.1) is 0 Å². The van der Waals surface area contributed by atoms with Gasteiger partial charge in [-0.05, 0) is 36.4 Å². The average molecular weight is 388 g/mol. The Bertz CT molecular complexity index is 612. The minimum absolute atomic E-state index is 0.144. The molecule has 1 amide bonds. The lowest BCUT2D eigenvalue weighted by Gasteiger charge is -2.10. The minimum Gasteiger partial charge on any atom is -0.385 e. The molecule has 2 N–H and O–H groups in total. The van der Waals surface area contributed by atoms with Gasteiger partial charge in [0.1, 0.15) is 0 Å². The van der Waals surface area contributed by atoms with Crippen LogP contribution in [0.25, 0.3) is 0 Å². The second-order valence-corrected chi connectivity index (χ2v) is 6.06. The van der Waals surface area contributed by atoms with Crippen molar-refractivity contribution in [2.45, 2.75) is 6.42 Å². The third kappa shape index (κ3) is 4.92. The van der Waals surface area contributed by atoms with Gasteiger partial charge < -0.3 is 10.6 Å². The number of hydrogen-bond donors (Lipinski definition) is 2. The number of carbonyl (C=O) groups is 1. The van der Waals surface area contributed by atoms with E-state index in [1.807, 2.05) is 24.3 Å². The lowest BCUT2D eigenvalue weighted by atomic mass is 10.3. The largest absolute Gasteiger partial charge is 0.385 e. The van der Waals surface area contributed by atoms with Crippen molar-refractivity contribution >= 4 is 56.4 Å². The number of nitrogens with one attached hydrogen (secondary N) is 2. The molecule has 2 aromatic rings. The topological polar surface area (TPSA) is 41.1 Å². The maximum atomic E-state index is 11.9. The van der Waals surface area contributed by atoms with E-state index >= 15 is 0 Å². The summed E-state index contributed by atoms with van der Waals surface area (Å²) in [5, 5.41) is 6.75. The lowest BCUT2D eigenvalue weighted by Crippen LogP contribution is -2.16. The normalized spacial score (nSPS) is 10.2. The van der Waals surface area contributed by atoms with Crippen molar-refractivity contribution in [1.82, 2.24) is 0 Å². The quantitative estimate of drug-likeness (QED) is 0.740. The second kappa shape index (κ2) is 7.69. The molecule has 2 rings (SSSR count). The second-order valence-electron chi connectivity index (χ2n) is 4.33. The first-order valence-corrected chi connectivity index (χ1v) is 7.84. The molecule has 0 atom stereocenters. The predicted octanol–water partition coefficient (Wildman–Crippen LogP) is 5.20. The van der Waals surface area contributed by atoms with Crippen LogP contribution >= 0.6 is 39.1 Å². The van der Waals surface area contributed by atoms with Crippen LogP contribution in [-0.2, 0) is 4.79 Å². The van der Waals surface area contributed by atoms with Crippen LogP contribution in [0.4, 0.5) is 11.4 Å². The fraction of sp³-hybridized carbons (Fsp3) is 0.133. The van der Waals surface area contributed by atoms with Crippen LogP contribution in [0.2, 0.25) is 10.0 Å². The minimum atomic E-state index is -0.144. The summed E-state index contributed by atoms with van der Waals surface area (Å²) in [6.45, 7) is 0.523. The first-order valence-electron chi connectivity index (χ1n) is 6.29. The molecule has 0 saturated heterocycles. The predicted molar refractivity (Wildman–Crippen MR) is 92.3 cm³/mol. The van der Waals surface area contributed by atoms with Gasteiger partial charge in [0.2, 0.25) is 5.91 Å². The molecule has 0 aliphatic rings. The van der Waals surface area contributed by atoms with E-state index in [1.165, 1.54) is 0 Å². The molecular formula is C15H13BrCl2N2O. The summed E-state index contributed by atoms with van der Waals surface area (Å²) in [5.74, 6) is -0.144. The Morgan fingerprint density at radius 3 is 2.29 bits per heavy atom. The van der Waals surface area contributed by atoms with Crippen molar-refractivity contribution in [1.29, 1.82) is 0 Å². The molecule has 0 heterocycles. The van der Waals surface area contributed by atoms with Crippen molar-refractivity contribution in [3.63, 3.8) is 0 Å². The van der Waals surface area contributed by atoms with Crippen LogP contribution in [0.15, 0.2) is 46.9 Å². The van der Waals surface area contributed by atoms with E-state index < -0.39 is 0 Å². The smallest absolute Gasteiger partial charge is 0.226 e. The molecule has 0 spiro atoms. The Morgan fingerprint density at radius 1 is 1.05 bits per heavy atom. The Balaban J connectivity index is 1.84. The summed E-state index contributed by atoms with van der Waals surface area (Å²) in [4.78, 5) is 11.9. The summed E-state index contributed by atoms with van der Waals surface area (Å²) in [7, 11) is 0. The first kappa shape index (κ1) is 16.1. The fourth-order valence-electron chi connectivity index (χ4n) is 1.71. The van der Waals surface area contributed by atoms with Gasteiger partial charge in [-0.2, -0.15) is 0 Å². The molecule has 6 heteroatoms. The maximum Gasteiger partial charge on any atom is 0.226 e. The molecule has 21 heavy (non-hydrogen) atoms. The van der Waals surface area contributed by atoms with Gasteiger partial charge in [-0.15, -0.1) is 0 Å². The number of hydrogen-bond acceptors (Lipinski definition) is 2. The van der Waals surface area contributed by atoms with Crippen LogP contribution < -0.4 is 10.6 Å². The van der Waals surface area contributed by atoms with Crippen LogP contribution in [-0.4, -0.2) is 12.5 Å². The van der Waals surface area contributed by atoms with Crippen LogP contribution in [0.3, 0.4) is 0 Å². The van der Waals surface area contributed by atoms with Crippen molar-refractivity contribution < 1.29 is 4.79 Å². The third-order valence-corrected chi connectivity index (χ3v) is 3.91. The van der Waals surface area contributed by atoms with Crippen molar-refractivity contribution in [3.8, 4) is 0 Å². The van der Waals surface area contributed by atoms with Gasteiger partial charge in [-0.1, -0.05) is 45.2 Å². The van der Waals surface area contributed by atoms with E-state index in [-0.39, 0.29) is 5.91 Å². The molecule has 0 aromatic heterocycles. The fourth-order valence-corrected chi connectivity index (χ4v) is 2.46. The van der Waals surface area contributed by atoms with E-state index in [0.29, 0.717) is 28.7 Å². The van der Waals surface area contributed by atoms with Gasteiger partial charge in [0, 0.05) is 23.1 Å². The standard InChI is InChI=1S/C15H13BrCl2N2O/c16-10-4-6-11(7-5-10)19-9-8-14(21)20-15-12(17)2-1-3-13(15)18/h1-7,19H,8-9H2,(H,20,21). The molecule has 3 nitrogen and oxygen atoms in total. The molecule has 0 aliphatic heterocycles. The summed E-state index contributed by atoms with van der Waals surface area (Å²) < 4.78 is 1.01. The van der Waals surface area contributed by atoms with Gasteiger partial charge in [-0.3, -0.25) is 4.79 Å². The molecule has 0 saturated carbocycles. The Morgan fingerprint density at radius 2 is 1.67 bits per heavy atom. The molecule has 0 aliphatic carbocycles. The summed E-state index contributed by atoms with van der Waals surface area (Å²) in [6.07, 6.45) is 0.317. The number of carbonyl (C=O) groups excluding carboxylic acids is 1. The zero-order chi connectivity index (χ0) is 15.2. The zero-order valence-corrected chi connectivity index (χ0v) is 14.1. The van der Waals surface area contributed by atoms with Gasteiger partial charge in [0.25, 0.3) is 0 Å². The van der Waals surface area contributed by atoms with Crippen LogP contribution in [0.1, 0.15) is 6.42 Å². The first-order chi connectivity index (χ1) is 10.1. The zero-order valence-electron chi connectivity index (χ0n) is 11.0. The molecule has 0 radical (unpaired) electrons. The van der Waals surface area contributed by atoms with Crippen molar-refractivity contribution in [3.05, 3.63) is 57.0 Å². The number of amides is 1. The maximum absolute atomic E-state index is 11.9. The lowest BCUT2D eigenvalue weighted by molar-refractivity contribution is -0.115. The molecular weight excluding hydrogens is 375 g/mol. The van der Waals surface area contributed by atoms with E-state index in [0.717, 1.165) is 10.2 Å². The highest BCUT2D eigenvalue weighted by Gasteiger charge is 2.09. The summed E-state index contributed by atoms with van der Waals surface area (Å²) in [6, 6.07) is 12.8. The van der Waals surface area contributed by atoms with Crippen molar-refractivity contribution in [2.75, 3.05) is 17.2 Å². The van der Waals surface area contributed by atoms with Crippen molar-refractivity contribution in [2.24, 2.45) is 0 Å². The monoisotopic (exact) mass is 386 g/mol. The highest BCUT2D eigenvalue weighted by Crippen LogP contribution is 2.29. The molecule has 0 unspecified atom stereocenters. The Hall–Kier alpha value is -1.23.